The lowest BCUT2D eigenvalue weighted by molar-refractivity contribution is -0.181. The number of fused-ring (bicyclic) bond motifs is 2. The van der Waals surface area contributed by atoms with Crippen LogP contribution in [0.15, 0.2) is 30.3 Å². The summed E-state index contributed by atoms with van der Waals surface area (Å²) in [5, 5.41) is 1.22. The van der Waals surface area contributed by atoms with Crippen molar-refractivity contribution in [3.05, 3.63) is 35.9 Å². The van der Waals surface area contributed by atoms with Gasteiger partial charge in [-0.3, -0.25) is 14.4 Å². The molecule has 39 heavy (non-hydrogen) atoms. The van der Waals surface area contributed by atoms with Crippen molar-refractivity contribution in [3.8, 4) is 0 Å². The van der Waals surface area contributed by atoms with E-state index in [-0.39, 0.29) is 18.7 Å². The largest absolute Gasteiger partial charge is 0.426 e. The van der Waals surface area contributed by atoms with E-state index in [2.05, 4.69) is 5.32 Å². The summed E-state index contributed by atoms with van der Waals surface area (Å²) in [5.74, 6) is -2.99. The Balaban J connectivity index is 1.18. The Kier molecular flexibility index (Phi) is 6.49. The van der Waals surface area contributed by atoms with Crippen LogP contribution in [0.2, 0.25) is 0 Å². The lowest BCUT2D eigenvalue weighted by atomic mass is 9.96. The molecule has 1 N–H and O–H groups in total. The van der Waals surface area contributed by atoms with Crippen LogP contribution in [-0.2, 0) is 49.7 Å². The molecule has 1 aromatic carbocycles. The van der Waals surface area contributed by atoms with Crippen molar-refractivity contribution >= 4 is 51.3 Å². The van der Waals surface area contributed by atoms with Crippen LogP contribution in [0.1, 0.15) is 39.7 Å². The van der Waals surface area contributed by atoms with Gasteiger partial charge in [-0.05, 0) is 33.3 Å². The highest BCUT2D eigenvalue weighted by Gasteiger charge is 2.68. The van der Waals surface area contributed by atoms with Crippen LogP contribution in [0.5, 0.6) is 0 Å². The quantitative estimate of drug-likeness (QED) is 0.264. The number of ether oxygens (including phenoxy) is 2. The average molecular weight is 580 g/mol. The molecule has 14 heteroatoms. The Morgan fingerprint density at radius 1 is 1.00 bits per heavy atom. The Morgan fingerprint density at radius 2 is 1.62 bits per heavy atom. The van der Waals surface area contributed by atoms with Gasteiger partial charge in [0.25, 0.3) is 0 Å². The van der Waals surface area contributed by atoms with E-state index in [0.717, 1.165) is 10.5 Å². The number of carbonyl (C=O) groups excluding carboxylic acids is 5. The first-order valence-corrected chi connectivity index (χ1v) is 14.8. The van der Waals surface area contributed by atoms with Crippen LogP contribution in [0, 0.1) is 0 Å². The van der Waals surface area contributed by atoms with Crippen LogP contribution in [0.3, 0.4) is 0 Å². The molecule has 4 fully saturated rings. The minimum Gasteiger partial charge on any atom is -0.426 e. The summed E-state index contributed by atoms with van der Waals surface area (Å²) in [5.41, 5.74) is 0.807. The number of amides is 3. The number of carbonyl (C=O) groups is 5. The van der Waals surface area contributed by atoms with Gasteiger partial charge < -0.3 is 24.6 Å². The zero-order valence-corrected chi connectivity index (χ0v) is 23.4. The lowest BCUT2D eigenvalue weighted by Gasteiger charge is -2.43. The third kappa shape index (κ3) is 4.19. The number of rotatable bonds is 7. The van der Waals surface area contributed by atoms with Crippen molar-refractivity contribution in [2.75, 3.05) is 6.79 Å². The molecule has 4 saturated heterocycles. The molecule has 0 radical (unpaired) electrons. The summed E-state index contributed by atoms with van der Waals surface area (Å²) < 4.78 is 33.3. The van der Waals surface area contributed by atoms with Crippen molar-refractivity contribution in [3.63, 3.8) is 0 Å². The molecule has 4 aliphatic rings. The van der Waals surface area contributed by atoms with Crippen molar-refractivity contribution in [2.45, 2.75) is 78.9 Å². The van der Waals surface area contributed by atoms with Gasteiger partial charge in [-0.15, -0.1) is 11.8 Å². The van der Waals surface area contributed by atoms with E-state index < -0.39 is 78.8 Å². The Hall–Kier alpha value is -3.13. The van der Waals surface area contributed by atoms with Crippen LogP contribution >= 0.6 is 11.8 Å². The molecule has 1 aromatic rings. The number of esters is 2. The van der Waals surface area contributed by atoms with E-state index in [0.29, 0.717) is 0 Å². The van der Waals surface area contributed by atoms with Crippen LogP contribution in [-0.4, -0.2) is 93.0 Å². The summed E-state index contributed by atoms with van der Waals surface area (Å²) in [7, 11) is -3.79. The van der Waals surface area contributed by atoms with Gasteiger partial charge in [0.15, 0.2) is 9.84 Å². The standard InChI is InChI=1S/C25H29N3O9S2/c1-24(2)18(28-20(31)17(21(28)38-24)26-14(29)10-13-8-6-5-7-9-13)22(32)36-12-37-23(33)19-25(3,4)39(34,35)16-11-15(30)27(16)19/h5-9,16-19,21H,10-12H2,1-4H3,(H,26,29)/t16-,17-,18+,19+,21-/m1/s1. The fourth-order valence-corrected chi connectivity index (χ4v) is 9.39. The predicted octanol–water partition coefficient (Wildman–Crippen LogP) is -0.0459. The second-order valence-electron chi connectivity index (χ2n) is 11.0. The summed E-state index contributed by atoms with van der Waals surface area (Å²) in [4.78, 5) is 65.6. The summed E-state index contributed by atoms with van der Waals surface area (Å²) in [6, 6.07) is 5.97. The maximum atomic E-state index is 13.0. The smallest absolute Gasteiger partial charge is 0.333 e. The molecule has 0 aliphatic carbocycles. The minimum absolute atomic E-state index is 0.116. The molecule has 0 saturated carbocycles. The number of β-lactam (4-membered cyclic amide) rings is 2. The number of hydrogen-bond acceptors (Lipinski definition) is 10. The molecule has 12 nitrogen and oxygen atoms in total. The first kappa shape index (κ1) is 27.4. The zero-order chi connectivity index (χ0) is 28.5. The van der Waals surface area contributed by atoms with E-state index >= 15 is 0 Å². The molecule has 5 atom stereocenters. The van der Waals surface area contributed by atoms with Gasteiger partial charge in [-0.2, -0.15) is 0 Å². The lowest BCUT2D eigenvalue weighted by Crippen LogP contribution is -2.70. The van der Waals surface area contributed by atoms with Crippen molar-refractivity contribution < 1.29 is 41.9 Å². The zero-order valence-electron chi connectivity index (χ0n) is 21.8. The predicted molar refractivity (Wildman–Crippen MR) is 137 cm³/mol. The maximum absolute atomic E-state index is 13.0. The summed E-state index contributed by atoms with van der Waals surface area (Å²) in [6.07, 6.45) is -0.0667. The van der Waals surface area contributed by atoms with E-state index in [1.807, 2.05) is 30.3 Å². The Labute approximate surface area is 229 Å². The minimum atomic E-state index is -3.79. The second kappa shape index (κ2) is 9.22. The number of nitrogens with zero attached hydrogens (tertiary/aromatic N) is 2. The van der Waals surface area contributed by atoms with Gasteiger partial charge >= 0.3 is 11.9 Å². The van der Waals surface area contributed by atoms with Crippen LogP contribution in [0.25, 0.3) is 0 Å². The topological polar surface area (TPSA) is 156 Å². The third-order valence-electron chi connectivity index (χ3n) is 7.79. The number of nitrogens with one attached hydrogen (secondary N) is 1. The van der Waals surface area contributed by atoms with Crippen LogP contribution < -0.4 is 5.32 Å². The first-order valence-electron chi connectivity index (χ1n) is 12.4. The normalized spacial score (nSPS) is 30.9. The Morgan fingerprint density at radius 3 is 2.23 bits per heavy atom. The highest BCUT2D eigenvalue weighted by atomic mass is 32.2. The molecule has 3 amide bonds. The molecule has 0 unspecified atom stereocenters. The summed E-state index contributed by atoms with van der Waals surface area (Å²) >= 11 is 1.35. The molecule has 0 aromatic heterocycles. The van der Waals surface area contributed by atoms with Crippen molar-refractivity contribution in [1.82, 2.24) is 15.1 Å². The molecule has 0 bridgehead atoms. The van der Waals surface area contributed by atoms with Gasteiger partial charge in [0, 0.05) is 4.75 Å². The molecule has 4 heterocycles. The first-order chi connectivity index (χ1) is 18.2. The number of thioether (sulfide) groups is 1. The molecular formula is C25H29N3O9S2. The number of sulfone groups is 1. The van der Waals surface area contributed by atoms with E-state index in [1.165, 1.54) is 30.5 Å². The fourth-order valence-electron chi connectivity index (χ4n) is 5.64. The molecule has 210 valence electrons. The molecule has 4 aliphatic heterocycles. The van der Waals surface area contributed by atoms with Crippen molar-refractivity contribution in [1.29, 1.82) is 0 Å². The van der Waals surface area contributed by atoms with Crippen LogP contribution in [0.4, 0.5) is 0 Å². The third-order valence-corrected chi connectivity index (χ3v) is 12.2. The SMILES string of the molecule is CC1(C)S[C@@H]2[C@H](NC(=O)Cc3ccccc3)C(=O)N2[C@H]1C(=O)OCOC(=O)[C@@H]1N2C(=O)C[C@H]2S(=O)(=O)C1(C)C. The number of hydrogen-bond donors (Lipinski definition) is 1. The molecular weight excluding hydrogens is 550 g/mol. The van der Waals surface area contributed by atoms with E-state index in [1.54, 1.807) is 13.8 Å². The highest BCUT2D eigenvalue weighted by molar-refractivity contribution is 8.01. The molecule has 0 spiro atoms. The van der Waals surface area contributed by atoms with Gasteiger partial charge in [-0.1, -0.05) is 30.3 Å². The van der Waals surface area contributed by atoms with Gasteiger partial charge in [-0.25, -0.2) is 18.0 Å². The van der Waals surface area contributed by atoms with Gasteiger partial charge in [0.2, 0.25) is 24.5 Å². The average Bonchev–Trinajstić information content (AvgIpc) is 3.18. The van der Waals surface area contributed by atoms with Gasteiger partial charge in [0.1, 0.15) is 28.9 Å². The van der Waals surface area contributed by atoms with Crippen molar-refractivity contribution in [2.24, 2.45) is 0 Å². The second-order valence-corrected chi connectivity index (χ2v) is 15.5. The Bertz CT molecular complexity index is 1360. The van der Waals surface area contributed by atoms with E-state index in [4.69, 9.17) is 9.47 Å². The van der Waals surface area contributed by atoms with Gasteiger partial charge in [0.05, 0.1) is 17.6 Å². The fraction of sp³-hybridized carbons (Fsp3) is 0.560. The van der Waals surface area contributed by atoms with E-state index in [9.17, 15) is 32.4 Å². The summed E-state index contributed by atoms with van der Waals surface area (Å²) in [6.45, 7) is 5.44. The molecule has 5 rings (SSSR count). The highest BCUT2D eigenvalue weighted by Crippen LogP contribution is 2.51. The monoisotopic (exact) mass is 579 g/mol. The number of benzene rings is 1. The maximum Gasteiger partial charge on any atom is 0.333 e.